The van der Waals surface area contributed by atoms with E-state index in [1.807, 2.05) is 36.4 Å². The topological polar surface area (TPSA) is 159 Å². The van der Waals surface area contributed by atoms with Crippen LogP contribution in [0.1, 0.15) is 50.8 Å². The number of benzene rings is 3. The van der Waals surface area contributed by atoms with E-state index >= 15 is 0 Å². The lowest BCUT2D eigenvalue weighted by Crippen LogP contribution is -2.54. The minimum atomic E-state index is -0.895. The Balaban J connectivity index is 1.69. The highest BCUT2D eigenvalue weighted by Gasteiger charge is 2.35. The van der Waals surface area contributed by atoms with Gasteiger partial charge in [-0.25, -0.2) is 10.2 Å². The Kier molecular flexibility index (Phi) is 10.8. The number of nitrogens with one attached hydrogen (secondary N) is 3. The molecule has 3 aromatic rings. The van der Waals surface area contributed by atoms with E-state index < -0.39 is 29.7 Å². The van der Waals surface area contributed by atoms with Crippen molar-refractivity contribution in [1.29, 1.82) is 0 Å². The highest BCUT2D eigenvalue weighted by atomic mass is 16.6. The first-order chi connectivity index (χ1) is 22.4. The van der Waals surface area contributed by atoms with E-state index in [1.54, 1.807) is 57.9 Å². The van der Waals surface area contributed by atoms with Gasteiger partial charge in [-0.05, 0) is 75.1 Å². The first-order valence-electron chi connectivity index (χ1n) is 15.1. The van der Waals surface area contributed by atoms with Crippen LogP contribution in [-0.4, -0.2) is 73.3 Å². The third-order valence-corrected chi connectivity index (χ3v) is 7.83. The predicted octanol–water partition coefficient (Wildman–Crippen LogP) is 3.22. The van der Waals surface area contributed by atoms with Gasteiger partial charge in [0, 0.05) is 23.9 Å². The lowest BCUT2D eigenvalue weighted by molar-refractivity contribution is -0.130. The fourth-order valence-electron chi connectivity index (χ4n) is 5.33. The average Bonchev–Trinajstić information content (AvgIpc) is 3.17. The largest absolute Gasteiger partial charge is 0.496 e. The van der Waals surface area contributed by atoms with E-state index in [0.717, 1.165) is 21.9 Å². The van der Waals surface area contributed by atoms with E-state index in [-0.39, 0.29) is 18.3 Å². The quantitative estimate of drug-likeness (QED) is 0.132. The number of carbonyl (C=O) groups is 5. The highest BCUT2D eigenvalue weighted by molar-refractivity contribution is 6.07. The minimum absolute atomic E-state index is 0.121. The van der Waals surface area contributed by atoms with Crippen molar-refractivity contribution in [3.05, 3.63) is 71.3 Å². The number of anilines is 1. The number of fused-ring (bicyclic) bond motifs is 2. The molecule has 0 radical (unpaired) electrons. The van der Waals surface area contributed by atoms with Crippen LogP contribution in [0.4, 0.5) is 10.5 Å². The van der Waals surface area contributed by atoms with Gasteiger partial charge in [-0.15, -0.1) is 0 Å². The van der Waals surface area contributed by atoms with Gasteiger partial charge in [-0.3, -0.25) is 24.1 Å². The zero-order valence-corrected chi connectivity index (χ0v) is 27.3. The molecule has 0 spiro atoms. The normalized spacial score (nSPS) is 15.5. The number of hydrogen-bond acceptors (Lipinski definition) is 8. The maximum Gasteiger partial charge on any atom is 0.410 e. The van der Waals surface area contributed by atoms with Gasteiger partial charge in [0.2, 0.25) is 24.6 Å². The van der Waals surface area contributed by atoms with Gasteiger partial charge in [0.1, 0.15) is 23.4 Å². The molecule has 47 heavy (non-hydrogen) atoms. The number of aryl methyl sites for hydroxylation is 1. The van der Waals surface area contributed by atoms with Crippen LogP contribution in [0.15, 0.2) is 59.7 Å². The minimum Gasteiger partial charge on any atom is -0.496 e. The maximum atomic E-state index is 14.3. The number of amidine groups is 1. The number of carbonyl (C=O) groups excluding carboxylic acids is 5. The van der Waals surface area contributed by atoms with Gasteiger partial charge >= 0.3 is 6.09 Å². The van der Waals surface area contributed by atoms with Crippen molar-refractivity contribution >= 4 is 53.0 Å². The number of amides is 5. The lowest BCUT2D eigenvalue weighted by Gasteiger charge is -2.30. The summed E-state index contributed by atoms with van der Waals surface area (Å²) in [6, 6.07) is 14.8. The second-order valence-corrected chi connectivity index (χ2v) is 12.1. The standard InChI is InChI=1S/C34H40N6O7/c1-21(39(5)33(45)47-34(2,3)4)31(43)37-27-15-12-22-9-7-8-10-28(22)40(32(27)44)18-26-25-14-11-24(30(35-19-41)38-36-20-42)17-23(25)13-16-29(26)46-6/h7-11,13-14,16-17,19-21,27H,12,15,18H2,1-6H3,(H,36,42)(H,37,43)(H,35,38,41)/t21-,27-/m0/s1. The second-order valence-electron chi connectivity index (χ2n) is 12.1. The Hall–Kier alpha value is -5.46. The Morgan fingerprint density at radius 1 is 1.11 bits per heavy atom. The Bertz CT molecular complexity index is 1700. The van der Waals surface area contributed by atoms with Crippen molar-refractivity contribution in [3.63, 3.8) is 0 Å². The van der Waals surface area contributed by atoms with Crippen LogP contribution in [-0.2, 0) is 36.9 Å². The van der Waals surface area contributed by atoms with Crippen LogP contribution in [0.25, 0.3) is 10.8 Å². The maximum absolute atomic E-state index is 14.3. The zero-order valence-electron chi connectivity index (χ0n) is 27.3. The molecule has 0 aromatic heterocycles. The number of ether oxygens (including phenoxy) is 2. The van der Waals surface area contributed by atoms with E-state index in [4.69, 9.17) is 9.47 Å². The monoisotopic (exact) mass is 644 g/mol. The van der Waals surface area contributed by atoms with Crippen molar-refractivity contribution in [2.45, 2.75) is 64.8 Å². The molecule has 3 N–H and O–H groups in total. The van der Waals surface area contributed by atoms with Gasteiger partial charge in [-0.2, -0.15) is 5.10 Å². The van der Waals surface area contributed by atoms with Gasteiger partial charge in [0.25, 0.3) is 0 Å². The van der Waals surface area contributed by atoms with Crippen LogP contribution in [0.2, 0.25) is 0 Å². The SMILES string of the molecule is COc1ccc2cc(/C(=N\NC=O)NC=O)ccc2c1CN1C(=O)[C@@H](NC(=O)[C@H](C)N(C)C(=O)OC(C)(C)C)CCc2ccccc21. The number of hydrogen-bond donors (Lipinski definition) is 3. The molecule has 1 aliphatic heterocycles. The molecular formula is C34H40N6O7. The van der Waals surface area contributed by atoms with E-state index in [2.05, 4.69) is 21.2 Å². The molecule has 0 saturated carbocycles. The van der Waals surface area contributed by atoms with Gasteiger partial charge in [-0.1, -0.05) is 36.4 Å². The summed E-state index contributed by atoms with van der Waals surface area (Å²) in [7, 11) is 3.03. The number of nitrogens with zero attached hydrogens (tertiary/aromatic N) is 3. The molecule has 3 aromatic carbocycles. The molecule has 0 bridgehead atoms. The summed E-state index contributed by atoms with van der Waals surface area (Å²) in [5.74, 6) is -0.0948. The number of rotatable bonds is 10. The summed E-state index contributed by atoms with van der Waals surface area (Å²) < 4.78 is 11.1. The van der Waals surface area contributed by atoms with Crippen molar-refractivity contribution in [3.8, 4) is 5.75 Å². The molecular weight excluding hydrogens is 604 g/mol. The van der Waals surface area contributed by atoms with Crippen molar-refractivity contribution < 1.29 is 33.4 Å². The highest BCUT2D eigenvalue weighted by Crippen LogP contribution is 2.34. The zero-order chi connectivity index (χ0) is 34.3. The third kappa shape index (κ3) is 8.04. The Morgan fingerprint density at radius 2 is 1.85 bits per heavy atom. The van der Waals surface area contributed by atoms with Crippen LogP contribution in [0, 0.1) is 0 Å². The number of para-hydroxylation sites is 1. The third-order valence-electron chi connectivity index (χ3n) is 7.83. The van der Waals surface area contributed by atoms with Crippen LogP contribution in [0.3, 0.4) is 0 Å². The summed E-state index contributed by atoms with van der Waals surface area (Å²) in [4.78, 5) is 65.1. The van der Waals surface area contributed by atoms with Gasteiger partial charge in [0.15, 0.2) is 5.84 Å². The molecule has 13 nitrogen and oxygen atoms in total. The number of hydrazone groups is 1. The van der Waals surface area contributed by atoms with E-state index in [1.165, 1.54) is 11.9 Å². The lowest BCUT2D eigenvalue weighted by atomic mass is 9.99. The average molecular weight is 645 g/mol. The first-order valence-corrected chi connectivity index (χ1v) is 15.1. The molecule has 0 saturated heterocycles. The van der Waals surface area contributed by atoms with E-state index in [9.17, 15) is 24.0 Å². The number of likely N-dealkylation sites (N-methyl/N-ethyl adjacent to an activating group) is 1. The summed E-state index contributed by atoms with van der Waals surface area (Å²) >= 11 is 0. The Morgan fingerprint density at radius 3 is 2.53 bits per heavy atom. The summed E-state index contributed by atoms with van der Waals surface area (Å²) in [6.07, 6.45) is 1.10. The molecule has 0 unspecified atom stereocenters. The molecule has 5 amide bonds. The molecule has 1 aliphatic rings. The van der Waals surface area contributed by atoms with Gasteiger partial charge < -0.3 is 25.0 Å². The molecule has 248 valence electrons. The smallest absolute Gasteiger partial charge is 0.410 e. The molecule has 0 fully saturated rings. The molecule has 1 heterocycles. The molecule has 0 aliphatic carbocycles. The number of methoxy groups -OCH3 is 1. The molecule has 2 atom stereocenters. The van der Waals surface area contributed by atoms with Crippen molar-refractivity contribution in [2.24, 2.45) is 5.10 Å². The second kappa shape index (κ2) is 14.8. The first kappa shape index (κ1) is 34.4. The summed E-state index contributed by atoms with van der Waals surface area (Å²) in [5, 5.41) is 10.8. The van der Waals surface area contributed by atoms with Crippen LogP contribution >= 0.6 is 0 Å². The van der Waals surface area contributed by atoms with Crippen LogP contribution < -0.4 is 25.7 Å². The van der Waals surface area contributed by atoms with Crippen LogP contribution in [0.5, 0.6) is 5.75 Å². The van der Waals surface area contributed by atoms with Gasteiger partial charge in [0.05, 0.1) is 13.7 Å². The van der Waals surface area contributed by atoms with Crippen molar-refractivity contribution in [2.75, 3.05) is 19.1 Å². The van der Waals surface area contributed by atoms with Crippen molar-refractivity contribution in [1.82, 2.24) is 21.0 Å². The van der Waals surface area contributed by atoms with E-state index in [0.29, 0.717) is 42.7 Å². The predicted molar refractivity (Wildman–Crippen MR) is 177 cm³/mol. The fourth-order valence-corrected chi connectivity index (χ4v) is 5.33. The molecule has 4 rings (SSSR count). The Labute approximate surface area is 273 Å². The molecule has 13 heteroatoms. The summed E-state index contributed by atoms with van der Waals surface area (Å²) in [5.41, 5.74) is 4.39. The fraction of sp³-hybridized carbons (Fsp3) is 0.353. The summed E-state index contributed by atoms with van der Waals surface area (Å²) in [6.45, 7) is 6.93.